The fourth-order valence-electron chi connectivity index (χ4n) is 2.82. The summed E-state index contributed by atoms with van der Waals surface area (Å²) in [6.07, 6.45) is 6.21. The third-order valence-corrected chi connectivity index (χ3v) is 3.91. The van der Waals surface area contributed by atoms with Gasteiger partial charge in [0.25, 0.3) is 0 Å². The molecule has 1 aromatic rings. The minimum absolute atomic E-state index is 0.244. The average Bonchev–Trinajstić information content (AvgIpc) is 2.39. The molecule has 0 unspecified atom stereocenters. The average molecular weight is 263 g/mol. The van der Waals surface area contributed by atoms with E-state index in [0.29, 0.717) is 5.92 Å². The number of phenols is 1. The third kappa shape index (κ3) is 3.47. The van der Waals surface area contributed by atoms with Crippen LogP contribution < -0.4 is 5.73 Å². The van der Waals surface area contributed by atoms with Gasteiger partial charge in [0, 0.05) is 0 Å². The zero-order chi connectivity index (χ0) is 13.8. The number of carboxylic acid groups (broad SMARTS) is 1. The number of hydrogen-bond donors (Lipinski definition) is 3. The lowest BCUT2D eigenvalue weighted by molar-refractivity contribution is -0.138. The lowest BCUT2D eigenvalue weighted by atomic mass is 9.83. The van der Waals surface area contributed by atoms with Crippen LogP contribution in [0.15, 0.2) is 18.2 Å². The smallest absolute Gasteiger partial charge is 0.320 e. The van der Waals surface area contributed by atoms with Crippen LogP contribution in [0.3, 0.4) is 0 Å². The number of nitrogens with two attached hydrogens (primary N) is 1. The highest BCUT2D eigenvalue weighted by Gasteiger charge is 2.19. The van der Waals surface area contributed by atoms with Crippen molar-refractivity contribution in [1.82, 2.24) is 0 Å². The molecule has 0 radical (unpaired) electrons. The molecular formula is C15H21NO3. The van der Waals surface area contributed by atoms with Crippen molar-refractivity contribution < 1.29 is 15.0 Å². The molecule has 4 nitrogen and oxygen atoms in total. The van der Waals surface area contributed by atoms with E-state index < -0.39 is 12.0 Å². The monoisotopic (exact) mass is 263 g/mol. The normalized spacial score (nSPS) is 18.2. The molecule has 19 heavy (non-hydrogen) atoms. The van der Waals surface area contributed by atoms with Gasteiger partial charge in [-0.3, -0.25) is 4.79 Å². The molecule has 0 amide bonds. The van der Waals surface area contributed by atoms with Gasteiger partial charge in [0.15, 0.2) is 0 Å². The van der Waals surface area contributed by atoms with Gasteiger partial charge in [-0.1, -0.05) is 31.4 Å². The Labute approximate surface area is 113 Å². The van der Waals surface area contributed by atoms with Crippen LogP contribution in [-0.2, 0) is 11.2 Å². The summed E-state index contributed by atoms with van der Waals surface area (Å²) in [5.41, 5.74) is 7.26. The van der Waals surface area contributed by atoms with E-state index in [9.17, 15) is 9.90 Å². The van der Waals surface area contributed by atoms with Crippen LogP contribution in [0.1, 0.15) is 49.1 Å². The highest BCUT2D eigenvalue weighted by atomic mass is 16.4. The molecule has 1 aliphatic rings. The van der Waals surface area contributed by atoms with Gasteiger partial charge in [0.1, 0.15) is 11.8 Å². The first-order valence-corrected chi connectivity index (χ1v) is 6.88. The molecule has 1 saturated carbocycles. The molecule has 4 heteroatoms. The van der Waals surface area contributed by atoms with Crippen molar-refractivity contribution in [2.45, 2.75) is 50.5 Å². The summed E-state index contributed by atoms with van der Waals surface area (Å²) in [5.74, 6) is -0.297. The molecule has 0 aliphatic heterocycles. The molecule has 1 fully saturated rings. The number of carboxylic acids is 1. The molecule has 1 aliphatic carbocycles. The summed E-state index contributed by atoms with van der Waals surface area (Å²) in [6, 6.07) is 4.55. The van der Waals surface area contributed by atoms with Crippen molar-refractivity contribution >= 4 is 5.97 Å². The Morgan fingerprint density at radius 2 is 2.00 bits per heavy atom. The summed E-state index contributed by atoms with van der Waals surface area (Å²) in [5, 5.41) is 18.9. The van der Waals surface area contributed by atoms with E-state index in [-0.39, 0.29) is 12.2 Å². The van der Waals surface area contributed by atoms with E-state index >= 15 is 0 Å². The first kappa shape index (κ1) is 13.9. The Bertz CT molecular complexity index is 453. The molecule has 0 aromatic heterocycles. The maximum Gasteiger partial charge on any atom is 0.320 e. The van der Waals surface area contributed by atoms with Crippen LogP contribution >= 0.6 is 0 Å². The predicted octanol–water partition coefficient (Wildman–Crippen LogP) is 2.39. The lowest BCUT2D eigenvalue weighted by Gasteiger charge is -2.23. The second-order valence-corrected chi connectivity index (χ2v) is 5.38. The molecule has 2 rings (SSSR count). The van der Waals surface area contributed by atoms with E-state index in [1.165, 1.54) is 19.3 Å². The van der Waals surface area contributed by atoms with Crippen molar-refractivity contribution in [3.8, 4) is 5.75 Å². The van der Waals surface area contributed by atoms with Crippen molar-refractivity contribution in [3.05, 3.63) is 29.3 Å². The van der Waals surface area contributed by atoms with Crippen LogP contribution in [0.2, 0.25) is 0 Å². The topological polar surface area (TPSA) is 83.5 Å². The van der Waals surface area contributed by atoms with E-state index in [1.807, 2.05) is 12.1 Å². The van der Waals surface area contributed by atoms with Gasteiger partial charge in [-0.15, -0.1) is 0 Å². The molecule has 0 saturated heterocycles. The number of aromatic hydroxyl groups is 1. The first-order valence-electron chi connectivity index (χ1n) is 6.88. The van der Waals surface area contributed by atoms with E-state index in [2.05, 4.69) is 0 Å². The second-order valence-electron chi connectivity index (χ2n) is 5.38. The van der Waals surface area contributed by atoms with Crippen LogP contribution in [-0.4, -0.2) is 22.2 Å². The standard InChI is InChI=1S/C15H21NO3/c16-13(15(18)19)8-10-6-7-12(14(17)9-10)11-4-2-1-3-5-11/h6-7,9,11,13,17H,1-5,8,16H2,(H,18,19)/t13-/m0/s1. The fourth-order valence-corrected chi connectivity index (χ4v) is 2.82. The minimum Gasteiger partial charge on any atom is -0.508 e. The van der Waals surface area contributed by atoms with Crippen molar-refractivity contribution in [3.63, 3.8) is 0 Å². The molecule has 0 bridgehead atoms. The zero-order valence-electron chi connectivity index (χ0n) is 11.0. The zero-order valence-corrected chi connectivity index (χ0v) is 11.0. The van der Waals surface area contributed by atoms with E-state index in [0.717, 1.165) is 24.0 Å². The Morgan fingerprint density at radius 1 is 1.32 bits per heavy atom. The second kappa shape index (κ2) is 6.06. The van der Waals surface area contributed by atoms with Gasteiger partial charge < -0.3 is 15.9 Å². The van der Waals surface area contributed by atoms with Gasteiger partial charge >= 0.3 is 5.97 Å². The minimum atomic E-state index is -1.02. The van der Waals surface area contributed by atoms with Crippen LogP contribution in [0.5, 0.6) is 5.75 Å². The van der Waals surface area contributed by atoms with Crippen LogP contribution in [0.25, 0.3) is 0 Å². The van der Waals surface area contributed by atoms with Crippen molar-refractivity contribution in [1.29, 1.82) is 0 Å². The van der Waals surface area contributed by atoms with Crippen LogP contribution in [0, 0.1) is 0 Å². The Kier molecular flexibility index (Phi) is 4.43. The number of hydrogen-bond acceptors (Lipinski definition) is 3. The van der Waals surface area contributed by atoms with Gasteiger partial charge in [-0.05, 0) is 42.4 Å². The number of phenolic OH excluding ortho intramolecular Hbond substituents is 1. The number of rotatable bonds is 4. The SMILES string of the molecule is N[C@@H](Cc1ccc(C2CCCCC2)c(O)c1)C(=O)O. The molecule has 104 valence electrons. The van der Waals surface area contributed by atoms with Crippen LogP contribution in [0.4, 0.5) is 0 Å². The summed E-state index contributed by atoms with van der Waals surface area (Å²) in [4.78, 5) is 10.7. The molecule has 1 aromatic carbocycles. The number of aliphatic carboxylic acids is 1. The fraction of sp³-hybridized carbons (Fsp3) is 0.533. The lowest BCUT2D eigenvalue weighted by Crippen LogP contribution is -2.32. The number of carbonyl (C=O) groups is 1. The molecule has 0 spiro atoms. The largest absolute Gasteiger partial charge is 0.508 e. The summed E-state index contributed by atoms with van der Waals surface area (Å²) in [7, 11) is 0. The number of benzene rings is 1. The molecule has 1 atom stereocenters. The summed E-state index contributed by atoms with van der Waals surface area (Å²) < 4.78 is 0. The highest BCUT2D eigenvalue weighted by molar-refractivity contribution is 5.73. The molecule has 0 heterocycles. The van der Waals surface area contributed by atoms with E-state index in [4.69, 9.17) is 10.8 Å². The summed E-state index contributed by atoms with van der Waals surface area (Å²) >= 11 is 0. The quantitative estimate of drug-likeness (QED) is 0.778. The molecule has 4 N–H and O–H groups in total. The van der Waals surface area contributed by atoms with Gasteiger partial charge in [0.05, 0.1) is 0 Å². The van der Waals surface area contributed by atoms with Gasteiger partial charge in [-0.25, -0.2) is 0 Å². The molecular weight excluding hydrogens is 242 g/mol. The predicted molar refractivity (Wildman–Crippen MR) is 73.2 cm³/mol. The third-order valence-electron chi connectivity index (χ3n) is 3.91. The maximum absolute atomic E-state index is 10.7. The Morgan fingerprint density at radius 3 is 2.58 bits per heavy atom. The van der Waals surface area contributed by atoms with Gasteiger partial charge in [0.2, 0.25) is 0 Å². The summed E-state index contributed by atoms with van der Waals surface area (Å²) in [6.45, 7) is 0. The Hall–Kier alpha value is -1.55. The van der Waals surface area contributed by atoms with Crippen molar-refractivity contribution in [2.75, 3.05) is 0 Å². The highest BCUT2D eigenvalue weighted by Crippen LogP contribution is 2.37. The van der Waals surface area contributed by atoms with E-state index in [1.54, 1.807) is 6.07 Å². The maximum atomic E-state index is 10.7. The van der Waals surface area contributed by atoms with Gasteiger partial charge in [-0.2, -0.15) is 0 Å². The first-order chi connectivity index (χ1) is 9.08. The van der Waals surface area contributed by atoms with Crippen molar-refractivity contribution in [2.24, 2.45) is 5.73 Å². The Balaban J connectivity index is 2.10.